The molecular formula is C26H27N3O4. The molecule has 0 bridgehead atoms. The Kier molecular flexibility index (Phi) is 6.31. The number of nitrogens with one attached hydrogen (secondary N) is 2. The van der Waals surface area contributed by atoms with Gasteiger partial charge in [0, 0.05) is 12.5 Å². The number of hydrogen-bond donors (Lipinski definition) is 2. The van der Waals surface area contributed by atoms with E-state index >= 15 is 0 Å². The average molecular weight is 446 g/mol. The van der Waals surface area contributed by atoms with Crippen molar-refractivity contribution in [3.8, 4) is 0 Å². The number of furan rings is 1. The van der Waals surface area contributed by atoms with Crippen LogP contribution in [0.1, 0.15) is 41.9 Å². The number of carbonyl (C=O) groups is 3. The van der Waals surface area contributed by atoms with Gasteiger partial charge in [0.05, 0.1) is 0 Å². The molecule has 33 heavy (non-hydrogen) atoms. The summed E-state index contributed by atoms with van der Waals surface area (Å²) in [6.07, 6.45) is 0.684. The van der Waals surface area contributed by atoms with Crippen molar-refractivity contribution >= 4 is 17.8 Å². The highest BCUT2D eigenvalue weighted by atomic mass is 16.3. The van der Waals surface area contributed by atoms with Crippen LogP contribution in [0.3, 0.4) is 0 Å². The molecule has 7 heteroatoms. The molecule has 0 aliphatic carbocycles. The second-order valence-electron chi connectivity index (χ2n) is 8.37. The number of aryl methyl sites for hydroxylation is 1. The van der Waals surface area contributed by atoms with Gasteiger partial charge in [0.2, 0.25) is 5.91 Å². The maximum atomic E-state index is 12.9. The smallest absolute Gasteiger partial charge is 0.325 e. The molecule has 2 heterocycles. The number of hydrogen-bond acceptors (Lipinski definition) is 4. The van der Waals surface area contributed by atoms with Gasteiger partial charge in [-0.25, -0.2) is 4.79 Å². The predicted molar refractivity (Wildman–Crippen MR) is 123 cm³/mol. The molecule has 0 saturated carbocycles. The Morgan fingerprint density at radius 3 is 2.15 bits per heavy atom. The second-order valence-corrected chi connectivity index (χ2v) is 8.37. The molecule has 1 atom stereocenters. The fraction of sp³-hybridized carbons (Fsp3) is 0.269. The zero-order chi connectivity index (χ0) is 23.4. The molecular weight excluding hydrogens is 418 g/mol. The molecule has 1 aliphatic rings. The Labute approximate surface area is 192 Å². The number of amides is 4. The van der Waals surface area contributed by atoms with Gasteiger partial charge in [-0.1, -0.05) is 60.7 Å². The molecule has 1 aliphatic heterocycles. The van der Waals surface area contributed by atoms with Crippen molar-refractivity contribution < 1.29 is 18.8 Å². The standard InChI is InChI=1S/C26H27N3O4/c1-18-13-14-22(33-18)26(2)24(31)29(25(32)28-26)17-23(30)27-16-15-21(19-9-5-3-6-10-19)20-11-7-4-8-12-20/h3-14,21H,15-17H2,1-2H3,(H,27,30)(H,28,32). The summed E-state index contributed by atoms with van der Waals surface area (Å²) in [7, 11) is 0. The molecule has 0 radical (unpaired) electrons. The minimum Gasteiger partial charge on any atom is -0.463 e. The van der Waals surface area contributed by atoms with Crippen LogP contribution >= 0.6 is 0 Å². The monoisotopic (exact) mass is 445 g/mol. The predicted octanol–water partition coefficient (Wildman–Crippen LogP) is 3.69. The molecule has 1 unspecified atom stereocenters. The van der Waals surface area contributed by atoms with Crippen LogP contribution in [0.2, 0.25) is 0 Å². The zero-order valence-electron chi connectivity index (χ0n) is 18.7. The van der Waals surface area contributed by atoms with Gasteiger partial charge in [0.1, 0.15) is 18.1 Å². The third-order valence-electron chi connectivity index (χ3n) is 5.97. The van der Waals surface area contributed by atoms with Crippen molar-refractivity contribution in [2.75, 3.05) is 13.1 Å². The first-order chi connectivity index (χ1) is 15.9. The van der Waals surface area contributed by atoms with Crippen LogP contribution in [0, 0.1) is 6.92 Å². The Balaban J connectivity index is 1.38. The van der Waals surface area contributed by atoms with Gasteiger partial charge in [0.25, 0.3) is 5.91 Å². The lowest BCUT2D eigenvalue weighted by Crippen LogP contribution is -2.43. The fourth-order valence-electron chi connectivity index (χ4n) is 4.16. The maximum Gasteiger partial charge on any atom is 0.325 e. The van der Waals surface area contributed by atoms with Gasteiger partial charge in [-0.2, -0.15) is 0 Å². The Bertz CT molecular complexity index is 1100. The fourth-order valence-corrected chi connectivity index (χ4v) is 4.16. The van der Waals surface area contributed by atoms with E-state index in [2.05, 4.69) is 34.9 Å². The van der Waals surface area contributed by atoms with Crippen molar-refractivity contribution in [2.45, 2.75) is 31.7 Å². The van der Waals surface area contributed by atoms with E-state index in [0.717, 1.165) is 16.0 Å². The number of urea groups is 1. The van der Waals surface area contributed by atoms with E-state index in [9.17, 15) is 14.4 Å². The summed E-state index contributed by atoms with van der Waals surface area (Å²) in [6.45, 7) is 3.40. The van der Waals surface area contributed by atoms with E-state index in [-0.39, 0.29) is 12.5 Å². The molecule has 2 aromatic carbocycles. The molecule has 7 nitrogen and oxygen atoms in total. The largest absolute Gasteiger partial charge is 0.463 e. The number of rotatable bonds is 8. The molecule has 4 rings (SSSR count). The van der Waals surface area contributed by atoms with Crippen molar-refractivity contribution in [1.29, 1.82) is 0 Å². The SMILES string of the molecule is Cc1ccc(C2(C)NC(=O)N(CC(=O)NCCC(c3ccccc3)c3ccccc3)C2=O)o1. The third kappa shape index (κ3) is 4.67. The maximum absolute atomic E-state index is 12.9. The van der Waals surface area contributed by atoms with E-state index in [1.807, 2.05) is 36.4 Å². The highest BCUT2D eigenvalue weighted by molar-refractivity contribution is 6.08. The summed E-state index contributed by atoms with van der Waals surface area (Å²) in [6, 6.07) is 23.0. The van der Waals surface area contributed by atoms with Crippen molar-refractivity contribution in [1.82, 2.24) is 15.5 Å². The Morgan fingerprint density at radius 1 is 1.00 bits per heavy atom. The van der Waals surface area contributed by atoms with Gasteiger partial charge >= 0.3 is 6.03 Å². The molecule has 2 N–H and O–H groups in total. The molecule has 1 fully saturated rings. The van der Waals surface area contributed by atoms with Crippen LogP contribution in [-0.2, 0) is 15.1 Å². The van der Waals surface area contributed by atoms with Gasteiger partial charge < -0.3 is 15.1 Å². The minimum absolute atomic E-state index is 0.120. The lowest BCUT2D eigenvalue weighted by molar-refractivity contribution is -0.135. The number of carbonyl (C=O) groups excluding carboxylic acids is 3. The first kappa shape index (κ1) is 22.3. The lowest BCUT2D eigenvalue weighted by Gasteiger charge is -2.20. The Morgan fingerprint density at radius 2 is 1.61 bits per heavy atom. The summed E-state index contributed by atoms with van der Waals surface area (Å²) < 4.78 is 5.56. The second kappa shape index (κ2) is 9.32. The molecule has 1 aromatic heterocycles. The van der Waals surface area contributed by atoms with Gasteiger partial charge in [0.15, 0.2) is 5.54 Å². The first-order valence-electron chi connectivity index (χ1n) is 11.0. The number of imide groups is 1. The number of nitrogens with zero attached hydrogens (tertiary/aromatic N) is 1. The molecule has 1 saturated heterocycles. The molecule has 170 valence electrons. The quantitative estimate of drug-likeness (QED) is 0.517. The summed E-state index contributed by atoms with van der Waals surface area (Å²) in [4.78, 5) is 38.9. The average Bonchev–Trinajstić information content (AvgIpc) is 3.35. The highest BCUT2D eigenvalue weighted by Gasteiger charge is 2.51. The van der Waals surface area contributed by atoms with E-state index in [1.165, 1.54) is 0 Å². The summed E-state index contributed by atoms with van der Waals surface area (Å²) in [5, 5.41) is 5.50. The van der Waals surface area contributed by atoms with Gasteiger partial charge in [-0.3, -0.25) is 14.5 Å². The molecule has 4 amide bonds. The highest BCUT2D eigenvalue weighted by Crippen LogP contribution is 2.30. The number of benzene rings is 2. The normalized spacial score (nSPS) is 18.0. The van der Waals surface area contributed by atoms with Crippen molar-refractivity contribution in [3.05, 3.63) is 95.4 Å². The van der Waals surface area contributed by atoms with Gasteiger partial charge in [-0.15, -0.1) is 0 Å². The zero-order valence-corrected chi connectivity index (χ0v) is 18.7. The van der Waals surface area contributed by atoms with Crippen LogP contribution < -0.4 is 10.6 Å². The van der Waals surface area contributed by atoms with Crippen LogP contribution in [0.5, 0.6) is 0 Å². The van der Waals surface area contributed by atoms with Crippen molar-refractivity contribution in [2.24, 2.45) is 0 Å². The molecule has 0 spiro atoms. The van der Waals surface area contributed by atoms with E-state index in [0.29, 0.717) is 24.5 Å². The van der Waals surface area contributed by atoms with Crippen LogP contribution in [0.4, 0.5) is 4.79 Å². The van der Waals surface area contributed by atoms with Crippen LogP contribution in [0.15, 0.2) is 77.2 Å². The van der Waals surface area contributed by atoms with Gasteiger partial charge in [-0.05, 0) is 43.5 Å². The minimum atomic E-state index is -1.32. The van der Waals surface area contributed by atoms with E-state index in [1.54, 1.807) is 26.0 Å². The Hall–Kier alpha value is -3.87. The van der Waals surface area contributed by atoms with E-state index < -0.39 is 23.4 Å². The first-order valence-corrected chi connectivity index (χ1v) is 11.0. The third-order valence-corrected chi connectivity index (χ3v) is 5.97. The summed E-state index contributed by atoms with van der Waals surface area (Å²) >= 11 is 0. The lowest BCUT2D eigenvalue weighted by atomic mass is 9.88. The molecule has 3 aromatic rings. The van der Waals surface area contributed by atoms with Crippen molar-refractivity contribution in [3.63, 3.8) is 0 Å². The summed E-state index contributed by atoms with van der Waals surface area (Å²) in [5.74, 6) is 0.197. The van der Waals surface area contributed by atoms with E-state index in [4.69, 9.17) is 4.42 Å². The topological polar surface area (TPSA) is 91.7 Å². The van der Waals surface area contributed by atoms with Crippen LogP contribution in [-0.4, -0.2) is 35.8 Å². The summed E-state index contributed by atoms with van der Waals surface area (Å²) in [5.41, 5.74) is 1.00. The van der Waals surface area contributed by atoms with Crippen LogP contribution in [0.25, 0.3) is 0 Å².